The summed E-state index contributed by atoms with van der Waals surface area (Å²) in [5.41, 5.74) is 0.558. The molecular formula is C14H20N2O2. The number of benzene rings is 1. The highest BCUT2D eigenvalue weighted by atomic mass is 16.5. The van der Waals surface area contributed by atoms with Gasteiger partial charge in [0, 0.05) is 6.54 Å². The number of rotatable bonds is 8. The quantitative estimate of drug-likeness (QED) is 0.687. The summed E-state index contributed by atoms with van der Waals surface area (Å²) in [6.07, 6.45) is 1.71. The van der Waals surface area contributed by atoms with Gasteiger partial charge in [0.1, 0.15) is 18.5 Å². The van der Waals surface area contributed by atoms with Crippen molar-refractivity contribution in [3.8, 4) is 11.8 Å². The Morgan fingerprint density at radius 1 is 1.50 bits per heavy atom. The number of hydrogen-bond donors (Lipinski definition) is 2. The maximum Gasteiger partial charge on any atom is 0.120 e. The molecule has 1 aromatic carbocycles. The van der Waals surface area contributed by atoms with Crippen molar-refractivity contribution in [3.63, 3.8) is 0 Å². The van der Waals surface area contributed by atoms with Crippen LogP contribution in [0.4, 0.5) is 0 Å². The minimum atomic E-state index is -0.535. The van der Waals surface area contributed by atoms with Crippen molar-refractivity contribution in [2.24, 2.45) is 0 Å². The second kappa shape index (κ2) is 8.51. The summed E-state index contributed by atoms with van der Waals surface area (Å²) in [5, 5.41) is 21.6. The molecule has 0 saturated carbocycles. The van der Waals surface area contributed by atoms with Crippen molar-refractivity contribution in [2.45, 2.75) is 25.9 Å². The van der Waals surface area contributed by atoms with Gasteiger partial charge in [0.2, 0.25) is 0 Å². The standard InChI is InChI=1S/C14H20N2O2/c1-2-3-7-16-10-13(17)11-18-14-6-4-5-12(8-14)9-15/h4-6,8,13,16-17H,2-3,7,10-11H2,1H3. The van der Waals surface area contributed by atoms with Crippen LogP contribution in [-0.4, -0.2) is 30.9 Å². The van der Waals surface area contributed by atoms with Gasteiger partial charge in [-0.25, -0.2) is 0 Å². The fourth-order valence-electron chi connectivity index (χ4n) is 1.48. The predicted molar refractivity (Wildman–Crippen MR) is 70.4 cm³/mol. The van der Waals surface area contributed by atoms with E-state index in [0.717, 1.165) is 19.4 Å². The molecule has 0 fully saturated rings. The minimum Gasteiger partial charge on any atom is -0.491 e. The number of aliphatic hydroxyl groups is 1. The lowest BCUT2D eigenvalue weighted by Crippen LogP contribution is -2.31. The monoisotopic (exact) mass is 248 g/mol. The molecule has 0 bridgehead atoms. The molecule has 0 radical (unpaired) electrons. The van der Waals surface area contributed by atoms with E-state index in [1.165, 1.54) is 0 Å². The van der Waals surface area contributed by atoms with Gasteiger partial charge in [0.05, 0.1) is 11.6 Å². The third kappa shape index (κ3) is 5.67. The Bertz CT molecular complexity index is 388. The van der Waals surface area contributed by atoms with Crippen LogP contribution in [0.15, 0.2) is 24.3 Å². The SMILES string of the molecule is CCCCNCC(O)COc1cccc(C#N)c1. The number of nitrogens with one attached hydrogen (secondary N) is 1. The van der Waals surface area contributed by atoms with Gasteiger partial charge in [-0.3, -0.25) is 0 Å². The van der Waals surface area contributed by atoms with Crippen molar-refractivity contribution >= 4 is 0 Å². The molecular weight excluding hydrogens is 228 g/mol. The lowest BCUT2D eigenvalue weighted by atomic mass is 10.2. The zero-order chi connectivity index (χ0) is 13.2. The first kappa shape index (κ1) is 14.5. The Kier molecular flexibility index (Phi) is 6.85. The third-order valence-corrected chi connectivity index (χ3v) is 2.49. The number of aliphatic hydroxyl groups excluding tert-OH is 1. The number of nitriles is 1. The average molecular weight is 248 g/mol. The minimum absolute atomic E-state index is 0.230. The summed E-state index contributed by atoms with van der Waals surface area (Å²) < 4.78 is 5.43. The van der Waals surface area contributed by atoms with E-state index < -0.39 is 6.10 Å². The zero-order valence-electron chi connectivity index (χ0n) is 10.7. The van der Waals surface area contributed by atoms with E-state index in [0.29, 0.717) is 17.9 Å². The molecule has 4 nitrogen and oxygen atoms in total. The molecule has 1 rings (SSSR count). The van der Waals surface area contributed by atoms with Gasteiger partial charge in [-0.2, -0.15) is 5.26 Å². The fraction of sp³-hybridized carbons (Fsp3) is 0.500. The Morgan fingerprint density at radius 3 is 3.06 bits per heavy atom. The molecule has 1 aromatic rings. The molecule has 0 heterocycles. The molecule has 0 aromatic heterocycles. The van der Waals surface area contributed by atoms with Crippen LogP contribution < -0.4 is 10.1 Å². The number of nitrogens with zero attached hydrogens (tertiary/aromatic N) is 1. The van der Waals surface area contributed by atoms with E-state index in [1.807, 2.05) is 6.07 Å². The van der Waals surface area contributed by atoms with Crippen molar-refractivity contribution < 1.29 is 9.84 Å². The molecule has 98 valence electrons. The Labute approximate surface area is 108 Å². The molecule has 2 N–H and O–H groups in total. The summed E-state index contributed by atoms with van der Waals surface area (Å²) in [6, 6.07) is 8.97. The maximum absolute atomic E-state index is 9.68. The summed E-state index contributed by atoms with van der Waals surface area (Å²) in [5.74, 6) is 0.613. The molecule has 1 atom stereocenters. The molecule has 4 heteroatoms. The maximum atomic E-state index is 9.68. The zero-order valence-corrected chi connectivity index (χ0v) is 10.7. The number of unbranched alkanes of at least 4 members (excludes halogenated alkanes) is 1. The first-order chi connectivity index (χ1) is 8.76. The lowest BCUT2D eigenvalue weighted by molar-refractivity contribution is 0.106. The first-order valence-corrected chi connectivity index (χ1v) is 6.28. The smallest absolute Gasteiger partial charge is 0.120 e. The Balaban J connectivity index is 2.25. The number of ether oxygens (including phenoxy) is 1. The summed E-state index contributed by atoms with van der Waals surface area (Å²) in [7, 11) is 0. The van der Waals surface area contributed by atoms with Gasteiger partial charge < -0.3 is 15.2 Å². The van der Waals surface area contributed by atoms with Gasteiger partial charge in [-0.05, 0) is 31.2 Å². The van der Waals surface area contributed by atoms with E-state index in [9.17, 15) is 5.11 Å². The highest BCUT2D eigenvalue weighted by Crippen LogP contribution is 2.12. The largest absolute Gasteiger partial charge is 0.491 e. The second-order valence-electron chi connectivity index (χ2n) is 4.16. The lowest BCUT2D eigenvalue weighted by Gasteiger charge is -2.13. The van der Waals surface area contributed by atoms with Gasteiger partial charge in [0.15, 0.2) is 0 Å². The van der Waals surface area contributed by atoms with Crippen LogP contribution in [0.25, 0.3) is 0 Å². The Morgan fingerprint density at radius 2 is 2.33 bits per heavy atom. The summed E-state index contributed by atoms with van der Waals surface area (Å²) in [6.45, 7) is 3.80. The molecule has 1 unspecified atom stereocenters. The normalized spacial score (nSPS) is 11.8. The molecule has 0 aliphatic heterocycles. The van der Waals surface area contributed by atoms with Gasteiger partial charge in [-0.15, -0.1) is 0 Å². The van der Waals surface area contributed by atoms with Gasteiger partial charge in [0.25, 0.3) is 0 Å². The van der Waals surface area contributed by atoms with Crippen LogP contribution in [0.5, 0.6) is 5.75 Å². The molecule has 0 aliphatic rings. The topological polar surface area (TPSA) is 65.3 Å². The molecule has 0 amide bonds. The molecule has 0 spiro atoms. The summed E-state index contributed by atoms with van der Waals surface area (Å²) in [4.78, 5) is 0. The number of hydrogen-bond acceptors (Lipinski definition) is 4. The molecule has 0 saturated heterocycles. The van der Waals surface area contributed by atoms with E-state index in [1.54, 1.807) is 24.3 Å². The van der Waals surface area contributed by atoms with Crippen LogP contribution in [0.3, 0.4) is 0 Å². The summed E-state index contributed by atoms with van der Waals surface area (Å²) >= 11 is 0. The average Bonchev–Trinajstić information content (AvgIpc) is 2.41. The van der Waals surface area contributed by atoms with Crippen LogP contribution >= 0.6 is 0 Å². The van der Waals surface area contributed by atoms with E-state index in [4.69, 9.17) is 10.00 Å². The highest BCUT2D eigenvalue weighted by Gasteiger charge is 2.04. The van der Waals surface area contributed by atoms with Crippen molar-refractivity contribution in [3.05, 3.63) is 29.8 Å². The van der Waals surface area contributed by atoms with Crippen LogP contribution in [0.1, 0.15) is 25.3 Å². The Hall–Kier alpha value is -1.57. The third-order valence-electron chi connectivity index (χ3n) is 2.49. The van der Waals surface area contributed by atoms with Crippen LogP contribution in [0.2, 0.25) is 0 Å². The van der Waals surface area contributed by atoms with Crippen molar-refractivity contribution in [1.29, 1.82) is 5.26 Å². The first-order valence-electron chi connectivity index (χ1n) is 6.28. The van der Waals surface area contributed by atoms with E-state index >= 15 is 0 Å². The van der Waals surface area contributed by atoms with Crippen molar-refractivity contribution in [2.75, 3.05) is 19.7 Å². The van der Waals surface area contributed by atoms with Gasteiger partial charge >= 0.3 is 0 Å². The van der Waals surface area contributed by atoms with Gasteiger partial charge in [-0.1, -0.05) is 19.4 Å². The highest BCUT2D eigenvalue weighted by molar-refractivity contribution is 5.36. The second-order valence-corrected chi connectivity index (χ2v) is 4.16. The molecule has 18 heavy (non-hydrogen) atoms. The fourth-order valence-corrected chi connectivity index (χ4v) is 1.48. The van der Waals surface area contributed by atoms with E-state index in [2.05, 4.69) is 12.2 Å². The van der Waals surface area contributed by atoms with E-state index in [-0.39, 0.29) is 6.61 Å². The van der Waals surface area contributed by atoms with Crippen LogP contribution in [0, 0.1) is 11.3 Å². The van der Waals surface area contributed by atoms with Crippen molar-refractivity contribution in [1.82, 2.24) is 5.32 Å². The predicted octanol–water partition coefficient (Wildman–Crippen LogP) is 1.69. The molecule has 0 aliphatic carbocycles. The van der Waals surface area contributed by atoms with Crippen LogP contribution in [-0.2, 0) is 0 Å².